The molecule has 8 heavy (non-hydrogen) atoms. The standard InChI is InChI=1S/C5H7N2O/c1-7-2-5(3-8)6-4-7/h2,4H,3H2,1H3/q-1. The molecule has 3 heteroatoms. The molecule has 0 bridgehead atoms. The van der Waals surface area contributed by atoms with Crippen LogP contribution in [0.3, 0.4) is 0 Å². The average Bonchev–Trinajstić information content (AvgIpc) is 2.14. The quantitative estimate of drug-likeness (QED) is 0.480. The first kappa shape index (κ1) is 5.31. The van der Waals surface area contributed by atoms with Gasteiger partial charge in [-0.3, -0.25) is 0 Å². The monoisotopic (exact) mass is 111 g/mol. The van der Waals surface area contributed by atoms with Gasteiger partial charge in [0, 0.05) is 18.9 Å². The number of aryl methyl sites for hydroxylation is 1. The summed E-state index contributed by atoms with van der Waals surface area (Å²) in [6, 6.07) is 0. The molecule has 3 nitrogen and oxygen atoms in total. The van der Waals surface area contributed by atoms with Crippen molar-refractivity contribution >= 4 is 0 Å². The van der Waals surface area contributed by atoms with E-state index in [4.69, 9.17) is 0 Å². The summed E-state index contributed by atoms with van der Waals surface area (Å²) in [6.45, 7) is -0.221. The van der Waals surface area contributed by atoms with Crippen molar-refractivity contribution in [1.82, 2.24) is 9.55 Å². The van der Waals surface area contributed by atoms with Gasteiger partial charge < -0.3 is 9.67 Å². The first-order chi connectivity index (χ1) is 3.83. The van der Waals surface area contributed by atoms with Gasteiger partial charge in [-0.1, -0.05) is 6.61 Å². The molecule has 0 aromatic carbocycles. The predicted octanol–water partition coefficient (Wildman–Crippen LogP) is -0.720. The van der Waals surface area contributed by atoms with Gasteiger partial charge in [0.2, 0.25) is 0 Å². The number of imidazole rings is 1. The van der Waals surface area contributed by atoms with E-state index in [9.17, 15) is 5.11 Å². The Kier molecular flexibility index (Phi) is 1.30. The molecule has 0 aliphatic rings. The number of hydrogen-bond acceptors (Lipinski definition) is 2. The molecule has 1 rings (SSSR count). The second-order valence-electron chi connectivity index (χ2n) is 1.67. The summed E-state index contributed by atoms with van der Waals surface area (Å²) in [7, 11) is 1.84. The first-order valence-corrected chi connectivity index (χ1v) is 2.38. The molecule has 0 aliphatic heterocycles. The summed E-state index contributed by atoms with van der Waals surface area (Å²) < 4.78 is 1.76. The molecule has 0 saturated carbocycles. The summed E-state index contributed by atoms with van der Waals surface area (Å²) in [5.74, 6) is 0. The summed E-state index contributed by atoms with van der Waals surface area (Å²) >= 11 is 0. The summed E-state index contributed by atoms with van der Waals surface area (Å²) in [6.07, 6.45) is 3.33. The number of hydrogen-bond donors (Lipinski definition) is 0. The Balaban J connectivity index is 2.84. The van der Waals surface area contributed by atoms with Crippen LogP contribution in [0, 0.1) is 0 Å². The lowest BCUT2D eigenvalue weighted by Gasteiger charge is -1.93. The normalized spacial score (nSPS) is 9.75. The fourth-order valence-electron chi connectivity index (χ4n) is 0.541. The molecular formula is C5H7N2O-. The summed E-state index contributed by atoms with van der Waals surface area (Å²) in [4.78, 5) is 3.78. The molecular weight excluding hydrogens is 104 g/mol. The third-order valence-electron chi connectivity index (χ3n) is 0.906. The van der Waals surface area contributed by atoms with Crippen molar-refractivity contribution in [2.45, 2.75) is 6.61 Å². The minimum absolute atomic E-state index is 0.221. The molecule has 44 valence electrons. The van der Waals surface area contributed by atoms with Crippen molar-refractivity contribution < 1.29 is 5.11 Å². The average molecular weight is 111 g/mol. The Morgan fingerprint density at radius 2 is 2.62 bits per heavy atom. The van der Waals surface area contributed by atoms with E-state index in [1.807, 2.05) is 7.05 Å². The van der Waals surface area contributed by atoms with Crippen molar-refractivity contribution in [3.05, 3.63) is 18.2 Å². The molecule has 0 aliphatic carbocycles. The maximum atomic E-state index is 10.1. The van der Waals surface area contributed by atoms with E-state index in [0.717, 1.165) is 0 Å². The second kappa shape index (κ2) is 1.96. The summed E-state index contributed by atoms with van der Waals surface area (Å²) in [5.41, 5.74) is 0.604. The second-order valence-corrected chi connectivity index (χ2v) is 1.67. The Morgan fingerprint density at radius 3 is 2.88 bits per heavy atom. The van der Waals surface area contributed by atoms with Gasteiger partial charge >= 0.3 is 0 Å². The third-order valence-corrected chi connectivity index (χ3v) is 0.906. The van der Waals surface area contributed by atoms with Gasteiger partial charge in [0.25, 0.3) is 0 Å². The highest BCUT2D eigenvalue weighted by atomic mass is 16.3. The fraction of sp³-hybridized carbons (Fsp3) is 0.400. The van der Waals surface area contributed by atoms with Crippen LogP contribution in [0.15, 0.2) is 12.5 Å². The van der Waals surface area contributed by atoms with Crippen LogP contribution in [0.4, 0.5) is 0 Å². The van der Waals surface area contributed by atoms with Crippen LogP contribution in [-0.2, 0) is 13.7 Å². The SMILES string of the molecule is Cn1cnc(C[O-])c1. The van der Waals surface area contributed by atoms with Gasteiger partial charge in [-0.25, -0.2) is 4.98 Å². The lowest BCUT2D eigenvalue weighted by atomic mass is 10.5. The van der Waals surface area contributed by atoms with Crippen LogP contribution in [0.5, 0.6) is 0 Å². The Hall–Kier alpha value is -0.830. The van der Waals surface area contributed by atoms with Crippen LogP contribution in [0.25, 0.3) is 0 Å². The zero-order valence-electron chi connectivity index (χ0n) is 4.66. The van der Waals surface area contributed by atoms with Crippen molar-refractivity contribution in [2.75, 3.05) is 0 Å². The molecule has 0 N–H and O–H groups in total. The van der Waals surface area contributed by atoms with Crippen LogP contribution >= 0.6 is 0 Å². The minimum atomic E-state index is -0.221. The Morgan fingerprint density at radius 1 is 1.88 bits per heavy atom. The van der Waals surface area contributed by atoms with Crippen molar-refractivity contribution in [1.29, 1.82) is 0 Å². The van der Waals surface area contributed by atoms with E-state index in [0.29, 0.717) is 5.69 Å². The maximum absolute atomic E-state index is 10.1. The van der Waals surface area contributed by atoms with E-state index in [1.165, 1.54) is 0 Å². The molecule has 0 fully saturated rings. The van der Waals surface area contributed by atoms with Gasteiger partial charge in [-0.2, -0.15) is 0 Å². The first-order valence-electron chi connectivity index (χ1n) is 2.38. The molecule has 0 amide bonds. The fourth-order valence-corrected chi connectivity index (χ4v) is 0.541. The van der Waals surface area contributed by atoms with Gasteiger partial charge in [0.15, 0.2) is 0 Å². The van der Waals surface area contributed by atoms with Gasteiger partial charge in [0.1, 0.15) is 0 Å². The van der Waals surface area contributed by atoms with Gasteiger partial charge in [-0.15, -0.1) is 0 Å². The van der Waals surface area contributed by atoms with E-state index in [2.05, 4.69) is 4.98 Å². The Labute approximate surface area is 47.6 Å². The largest absolute Gasteiger partial charge is 0.850 e. The maximum Gasteiger partial charge on any atom is 0.0946 e. The molecule has 0 atom stereocenters. The molecule has 0 saturated heterocycles. The van der Waals surface area contributed by atoms with Crippen molar-refractivity contribution in [2.24, 2.45) is 7.05 Å². The molecule has 0 radical (unpaired) electrons. The number of nitrogens with zero attached hydrogens (tertiary/aromatic N) is 2. The third kappa shape index (κ3) is 0.869. The van der Waals surface area contributed by atoms with Crippen LogP contribution in [-0.4, -0.2) is 9.55 Å². The van der Waals surface area contributed by atoms with E-state index in [-0.39, 0.29) is 6.61 Å². The minimum Gasteiger partial charge on any atom is -0.850 e. The van der Waals surface area contributed by atoms with E-state index < -0.39 is 0 Å². The predicted molar refractivity (Wildman–Crippen MR) is 26.9 cm³/mol. The topological polar surface area (TPSA) is 40.9 Å². The van der Waals surface area contributed by atoms with E-state index >= 15 is 0 Å². The van der Waals surface area contributed by atoms with Crippen LogP contribution in [0.1, 0.15) is 5.69 Å². The number of aromatic nitrogens is 2. The molecule has 1 heterocycles. The van der Waals surface area contributed by atoms with Crippen molar-refractivity contribution in [3.8, 4) is 0 Å². The zero-order valence-corrected chi connectivity index (χ0v) is 4.66. The van der Waals surface area contributed by atoms with Gasteiger partial charge in [-0.05, 0) is 0 Å². The van der Waals surface area contributed by atoms with Crippen molar-refractivity contribution in [3.63, 3.8) is 0 Å². The number of rotatable bonds is 1. The highest BCUT2D eigenvalue weighted by Gasteiger charge is 1.84. The lowest BCUT2D eigenvalue weighted by molar-refractivity contribution is -0.387. The van der Waals surface area contributed by atoms with E-state index in [1.54, 1.807) is 17.1 Å². The zero-order chi connectivity index (χ0) is 5.98. The van der Waals surface area contributed by atoms with Crippen LogP contribution in [0.2, 0.25) is 0 Å². The molecule has 1 aromatic rings. The summed E-state index contributed by atoms with van der Waals surface area (Å²) in [5, 5.41) is 10.1. The lowest BCUT2D eigenvalue weighted by Crippen LogP contribution is -2.01. The smallest absolute Gasteiger partial charge is 0.0946 e. The molecule has 0 spiro atoms. The Bertz CT molecular complexity index is 171. The highest BCUT2D eigenvalue weighted by molar-refractivity contribution is 4.92. The van der Waals surface area contributed by atoms with Gasteiger partial charge in [0.05, 0.1) is 6.33 Å². The highest BCUT2D eigenvalue weighted by Crippen LogP contribution is 1.88. The molecule has 0 unspecified atom stereocenters. The molecule has 1 aromatic heterocycles. The van der Waals surface area contributed by atoms with Crippen LogP contribution < -0.4 is 5.11 Å².